The van der Waals surface area contributed by atoms with E-state index in [1.165, 1.54) is 24.8 Å². The molecular formula is C24H28N4O6. The summed E-state index contributed by atoms with van der Waals surface area (Å²) >= 11 is 0. The minimum absolute atomic E-state index is 0.0742. The Hall–Kier alpha value is -3.56. The van der Waals surface area contributed by atoms with E-state index in [1.807, 2.05) is 0 Å². The maximum Gasteiger partial charge on any atom is 0.359 e. The number of rotatable bonds is 4. The third-order valence-corrected chi connectivity index (χ3v) is 6.81. The first-order chi connectivity index (χ1) is 16.4. The molecule has 2 aromatic rings. The number of amides is 2. The molecule has 34 heavy (non-hydrogen) atoms. The lowest BCUT2D eigenvalue weighted by molar-refractivity contribution is -0.127. The fourth-order valence-corrected chi connectivity index (χ4v) is 5.04. The average Bonchev–Trinajstić information content (AvgIpc) is 3.28. The van der Waals surface area contributed by atoms with Crippen molar-refractivity contribution in [2.75, 3.05) is 25.2 Å². The predicted octanol–water partition coefficient (Wildman–Crippen LogP) is 2.31. The number of fused-ring (bicyclic) bond motifs is 2. The highest BCUT2D eigenvalue weighted by molar-refractivity contribution is 6.15. The van der Waals surface area contributed by atoms with Gasteiger partial charge >= 0.3 is 5.97 Å². The SMILES string of the molecule is COC(=O)c1ncn2c1C(=O)N(c1ccc3c(c1)OCCO3)[C@@](C)(C(=O)NC1CCCCC1)C2. The number of carbonyl (C=O) groups excluding carboxylic acids is 3. The monoisotopic (exact) mass is 468 g/mol. The molecule has 1 fully saturated rings. The molecule has 1 N–H and O–H groups in total. The summed E-state index contributed by atoms with van der Waals surface area (Å²) in [5.74, 6) is -0.393. The molecule has 10 heteroatoms. The van der Waals surface area contributed by atoms with Crippen molar-refractivity contribution in [1.29, 1.82) is 0 Å². The predicted molar refractivity (Wildman–Crippen MR) is 121 cm³/mol. The third-order valence-electron chi connectivity index (χ3n) is 6.81. The molecule has 0 radical (unpaired) electrons. The average molecular weight is 469 g/mol. The van der Waals surface area contributed by atoms with Crippen LogP contribution in [0.15, 0.2) is 24.5 Å². The normalized spacial score (nSPS) is 22.2. The Morgan fingerprint density at radius 2 is 1.88 bits per heavy atom. The van der Waals surface area contributed by atoms with Crippen LogP contribution in [0.25, 0.3) is 0 Å². The Labute approximate surface area is 197 Å². The number of esters is 1. The Kier molecular flexibility index (Phi) is 5.66. The molecule has 1 aromatic heterocycles. The van der Waals surface area contributed by atoms with Gasteiger partial charge in [0.25, 0.3) is 5.91 Å². The molecule has 0 saturated heterocycles. The fourth-order valence-electron chi connectivity index (χ4n) is 5.04. The molecule has 5 rings (SSSR count). The highest BCUT2D eigenvalue weighted by Gasteiger charge is 2.50. The van der Waals surface area contributed by atoms with Gasteiger partial charge in [-0.2, -0.15) is 0 Å². The van der Waals surface area contributed by atoms with Crippen molar-refractivity contribution in [3.8, 4) is 11.5 Å². The summed E-state index contributed by atoms with van der Waals surface area (Å²) in [6, 6.07) is 5.22. The third kappa shape index (κ3) is 3.66. The van der Waals surface area contributed by atoms with Gasteiger partial charge in [-0.05, 0) is 31.9 Å². The second-order valence-corrected chi connectivity index (χ2v) is 9.11. The first-order valence-corrected chi connectivity index (χ1v) is 11.6. The number of aromatic nitrogens is 2. The summed E-state index contributed by atoms with van der Waals surface area (Å²) in [6.45, 7) is 2.70. The zero-order valence-electron chi connectivity index (χ0n) is 19.3. The molecule has 1 aliphatic carbocycles. The number of nitrogens with one attached hydrogen (secondary N) is 1. The first-order valence-electron chi connectivity index (χ1n) is 11.6. The number of imidazole rings is 1. The van der Waals surface area contributed by atoms with E-state index in [9.17, 15) is 14.4 Å². The van der Waals surface area contributed by atoms with Gasteiger partial charge in [-0.3, -0.25) is 14.5 Å². The van der Waals surface area contributed by atoms with Crippen LogP contribution < -0.4 is 19.7 Å². The quantitative estimate of drug-likeness (QED) is 0.686. The molecule has 180 valence electrons. The number of hydrogen-bond acceptors (Lipinski definition) is 7. The van der Waals surface area contributed by atoms with E-state index in [2.05, 4.69) is 10.3 Å². The lowest BCUT2D eigenvalue weighted by Crippen LogP contribution is -2.65. The molecule has 0 unspecified atom stereocenters. The summed E-state index contributed by atoms with van der Waals surface area (Å²) in [7, 11) is 1.24. The van der Waals surface area contributed by atoms with E-state index in [-0.39, 0.29) is 29.9 Å². The zero-order chi connectivity index (χ0) is 23.9. The minimum Gasteiger partial charge on any atom is -0.486 e. The van der Waals surface area contributed by atoms with Gasteiger partial charge in [0.15, 0.2) is 17.2 Å². The number of anilines is 1. The lowest BCUT2D eigenvalue weighted by atomic mass is 9.90. The highest BCUT2D eigenvalue weighted by Crippen LogP contribution is 2.39. The largest absolute Gasteiger partial charge is 0.486 e. The standard InChI is InChI=1S/C24H28N4O6/c1-24(23(31)26-15-6-4-3-5-7-15)13-27-14-25-19(22(30)32-2)20(27)21(29)28(24)16-8-9-17-18(12-16)34-11-10-33-17/h8-9,12,14-15H,3-7,10-11,13H2,1-2H3,(H,26,31)/t24-/m1/s1. The maximum atomic E-state index is 13.9. The molecule has 0 bridgehead atoms. The van der Waals surface area contributed by atoms with Crippen LogP contribution in [0.3, 0.4) is 0 Å². The van der Waals surface area contributed by atoms with Crippen molar-refractivity contribution >= 4 is 23.5 Å². The lowest BCUT2D eigenvalue weighted by Gasteiger charge is -2.44. The van der Waals surface area contributed by atoms with Crippen LogP contribution in [0.2, 0.25) is 0 Å². The van der Waals surface area contributed by atoms with Crippen LogP contribution in [-0.2, 0) is 16.1 Å². The van der Waals surface area contributed by atoms with E-state index < -0.39 is 17.4 Å². The number of methoxy groups -OCH3 is 1. The van der Waals surface area contributed by atoms with Crippen molar-refractivity contribution in [1.82, 2.24) is 14.9 Å². The molecule has 3 heterocycles. The summed E-state index contributed by atoms with van der Waals surface area (Å²) in [6.07, 6.45) is 6.55. The maximum absolute atomic E-state index is 13.9. The Morgan fingerprint density at radius 1 is 1.15 bits per heavy atom. The van der Waals surface area contributed by atoms with E-state index in [0.29, 0.717) is 30.4 Å². The molecule has 0 spiro atoms. The molecule has 10 nitrogen and oxygen atoms in total. The minimum atomic E-state index is -1.26. The van der Waals surface area contributed by atoms with Crippen molar-refractivity contribution in [3.05, 3.63) is 35.9 Å². The molecule has 3 aliphatic rings. The Bertz CT molecular complexity index is 1140. The van der Waals surface area contributed by atoms with Gasteiger partial charge in [0.05, 0.1) is 20.0 Å². The van der Waals surface area contributed by atoms with Crippen molar-refractivity contribution < 1.29 is 28.6 Å². The zero-order valence-corrected chi connectivity index (χ0v) is 19.3. The van der Waals surface area contributed by atoms with E-state index in [1.54, 1.807) is 29.7 Å². The fraction of sp³-hybridized carbons (Fsp3) is 0.500. The van der Waals surface area contributed by atoms with Crippen LogP contribution in [-0.4, -0.2) is 59.2 Å². The van der Waals surface area contributed by atoms with E-state index >= 15 is 0 Å². The molecule has 1 aromatic carbocycles. The topological polar surface area (TPSA) is 112 Å². The summed E-state index contributed by atoms with van der Waals surface area (Å²) in [5.41, 5.74) is -0.785. The summed E-state index contributed by atoms with van der Waals surface area (Å²) in [4.78, 5) is 45.5. The van der Waals surface area contributed by atoms with Gasteiger partial charge in [-0.1, -0.05) is 19.3 Å². The smallest absolute Gasteiger partial charge is 0.359 e. The Balaban J connectivity index is 1.58. The van der Waals surface area contributed by atoms with Crippen LogP contribution in [0.5, 0.6) is 11.5 Å². The van der Waals surface area contributed by atoms with Crippen LogP contribution in [0.4, 0.5) is 5.69 Å². The van der Waals surface area contributed by atoms with Crippen molar-refractivity contribution in [2.45, 2.75) is 57.2 Å². The number of hydrogen-bond donors (Lipinski definition) is 1. The van der Waals surface area contributed by atoms with Crippen LogP contribution in [0.1, 0.15) is 60.0 Å². The van der Waals surface area contributed by atoms with Crippen molar-refractivity contribution in [2.24, 2.45) is 0 Å². The first kappa shape index (κ1) is 22.2. The van der Waals surface area contributed by atoms with Gasteiger partial charge in [-0.15, -0.1) is 0 Å². The summed E-state index contributed by atoms with van der Waals surface area (Å²) in [5, 5.41) is 3.17. The second kappa shape index (κ2) is 8.66. The number of carbonyl (C=O) groups is 3. The molecule has 1 atom stereocenters. The van der Waals surface area contributed by atoms with Gasteiger partial charge in [0.2, 0.25) is 5.91 Å². The number of benzene rings is 1. The molecule has 1 saturated carbocycles. The van der Waals surface area contributed by atoms with Gasteiger partial charge in [-0.25, -0.2) is 9.78 Å². The molecule has 2 amide bonds. The Morgan fingerprint density at radius 3 is 2.62 bits per heavy atom. The van der Waals surface area contributed by atoms with E-state index in [0.717, 1.165) is 25.7 Å². The highest BCUT2D eigenvalue weighted by atomic mass is 16.6. The number of ether oxygens (including phenoxy) is 3. The van der Waals surface area contributed by atoms with Gasteiger partial charge in [0.1, 0.15) is 24.4 Å². The van der Waals surface area contributed by atoms with Gasteiger partial charge in [0, 0.05) is 17.8 Å². The second-order valence-electron chi connectivity index (χ2n) is 9.11. The molecule has 2 aliphatic heterocycles. The van der Waals surface area contributed by atoms with Crippen molar-refractivity contribution in [3.63, 3.8) is 0 Å². The summed E-state index contributed by atoms with van der Waals surface area (Å²) < 4.78 is 17.7. The van der Waals surface area contributed by atoms with Crippen LogP contribution >= 0.6 is 0 Å². The van der Waals surface area contributed by atoms with Crippen LogP contribution in [0, 0.1) is 0 Å². The molecular weight excluding hydrogens is 440 g/mol. The number of nitrogens with zero attached hydrogens (tertiary/aromatic N) is 3. The van der Waals surface area contributed by atoms with Gasteiger partial charge < -0.3 is 24.1 Å². The van der Waals surface area contributed by atoms with E-state index in [4.69, 9.17) is 14.2 Å².